The van der Waals surface area contributed by atoms with Gasteiger partial charge in [-0.25, -0.2) is 4.79 Å². The van der Waals surface area contributed by atoms with Crippen LogP contribution in [0.3, 0.4) is 0 Å². The van der Waals surface area contributed by atoms with Gasteiger partial charge in [-0.05, 0) is 29.1 Å². The number of aromatic nitrogens is 1. The molecule has 4 heteroatoms. The molecule has 90 valence electrons. The number of benzene rings is 1. The lowest BCUT2D eigenvalue weighted by atomic mass is 9.97. The van der Waals surface area contributed by atoms with Crippen LogP contribution in [0.4, 0.5) is 0 Å². The zero-order valence-electron chi connectivity index (χ0n) is 9.79. The highest BCUT2D eigenvalue weighted by Crippen LogP contribution is 2.28. The van der Waals surface area contributed by atoms with Gasteiger partial charge in [0.15, 0.2) is 0 Å². The molecule has 0 aliphatic carbocycles. The van der Waals surface area contributed by atoms with Crippen molar-refractivity contribution in [2.75, 3.05) is 0 Å². The van der Waals surface area contributed by atoms with Crippen LogP contribution in [0.1, 0.15) is 23.3 Å². The highest BCUT2D eigenvalue weighted by Gasteiger charge is 2.11. The molecule has 0 spiro atoms. The molecule has 0 aliphatic rings. The Balaban J connectivity index is 2.12. The molecule has 0 radical (unpaired) electrons. The second kappa shape index (κ2) is 4.38. The van der Waals surface area contributed by atoms with Crippen molar-refractivity contribution in [2.24, 2.45) is 0 Å². The molecule has 0 aliphatic heterocycles. The lowest BCUT2D eigenvalue weighted by molar-refractivity contribution is 0.377. The van der Waals surface area contributed by atoms with Gasteiger partial charge < -0.3 is 4.52 Å². The predicted molar refractivity (Wildman–Crippen MR) is 72.1 cm³/mol. The number of rotatable bonds is 2. The van der Waals surface area contributed by atoms with Gasteiger partial charge in [-0.3, -0.25) is 0 Å². The summed E-state index contributed by atoms with van der Waals surface area (Å²) in [5.41, 5.74) is 0.792. The van der Waals surface area contributed by atoms with Crippen molar-refractivity contribution >= 4 is 22.1 Å². The van der Waals surface area contributed by atoms with Crippen LogP contribution in [-0.2, 0) is 0 Å². The monoisotopic (exact) mass is 257 g/mol. The van der Waals surface area contributed by atoms with E-state index in [2.05, 4.69) is 28.0 Å². The Morgan fingerprint density at radius 1 is 1.33 bits per heavy atom. The van der Waals surface area contributed by atoms with Gasteiger partial charge >= 0.3 is 5.63 Å². The molecule has 3 nitrogen and oxygen atoms in total. The number of fused-ring (bicyclic) bond motifs is 1. The molecule has 1 unspecified atom stereocenters. The van der Waals surface area contributed by atoms with Gasteiger partial charge in [-0.1, -0.05) is 24.2 Å². The molecule has 0 fully saturated rings. The van der Waals surface area contributed by atoms with Crippen LogP contribution in [0.2, 0.25) is 0 Å². The molecule has 2 aromatic heterocycles. The molecule has 0 amide bonds. The molecule has 1 atom stereocenters. The first-order chi connectivity index (χ1) is 8.75. The van der Waals surface area contributed by atoms with Crippen LogP contribution < -0.4 is 5.63 Å². The van der Waals surface area contributed by atoms with E-state index in [-0.39, 0.29) is 5.63 Å². The molecule has 3 aromatic rings. The highest BCUT2D eigenvalue weighted by molar-refractivity contribution is 7.10. The largest absolute Gasteiger partial charge is 0.366 e. The third-order valence-electron chi connectivity index (χ3n) is 3.09. The molecule has 18 heavy (non-hydrogen) atoms. The van der Waals surface area contributed by atoms with E-state index in [1.165, 1.54) is 10.4 Å². The molecule has 0 N–H and O–H groups in total. The SMILES string of the molecule is CC(c1ccc2c(=O)oncc2c1)c1cccs1. The highest BCUT2D eigenvalue weighted by atomic mass is 32.1. The average molecular weight is 257 g/mol. The van der Waals surface area contributed by atoms with Gasteiger partial charge in [0.1, 0.15) is 0 Å². The maximum atomic E-state index is 11.5. The minimum atomic E-state index is -0.386. The molecule has 0 saturated carbocycles. The summed E-state index contributed by atoms with van der Waals surface area (Å²) in [5.74, 6) is 0.321. The van der Waals surface area contributed by atoms with Crippen molar-refractivity contribution in [1.82, 2.24) is 5.16 Å². The van der Waals surface area contributed by atoms with E-state index in [0.29, 0.717) is 11.3 Å². The fourth-order valence-corrected chi connectivity index (χ4v) is 2.84. The number of nitrogens with zero attached hydrogens (tertiary/aromatic N) is 1. The lowest BCUT2D eigenvalue weighted by Gasteiger charge is -2.10. The molecule has 2 heterocycles. The Labute approximate surface area is 108 Å². The Morgan fingerprint density at radius 2 is 2.22 bits per heavy atom. The molecular formula is C14H11NO2S. The third-order valence-corrected chi connectivity index (χ3v) is 4.15. The number of thiophene rings is 1. The molecular weight excluding hydrogens is 246 g/mol. The second-order valence-electron chi connectivity index (χ2n) is 4.20. The summed E-state index contributed by atoms with van der Waals surface area (Å²) >= 11 is 1.74. The van der Waals surface area contributed by atoms with E-state index in [0.717, 1.165) is 5.39 Å². The summed E-state index contributed by atoms with van der Waals surface area (Å²) in [6.07, 6.45) is 1.58. The van der Waals surface area contributed by atoms with Crippen molar-refractivity contribution in [1.29, 1.82) is 0 Å². The third kappa shape index (κ3) is 1.84. The van der Waals surface area contributed by atoms with Crippen molar-refractivity contribution in [2.45, 2.75) is 12.8 Å². The Bertz CT molecular complexity index is 731. The van der Waals surface area contributed by atoms with Crippen molar-refractivity contribution in [3.05, 3.63) is 62.8 Å². The Morgan fingerprint density at radius 3 is 3.00 bits per heavy atom. The van der Waals surface area contributed by atoms with Gasteiger partial charge in [-0.15, -0.1) is 11.3 Å². The quantitative estimate of drug-likeness (QED) is 0.706. The zero-order valence-corrected chi connectivity index (χ0v) is 10.6. The van der Waals surface area contributed by atoms with E-state index in [1.54, 1.807) is 17.5 Å². The van der Waals surface area contributed by atoms with E-state index >= 15 is 0 Å². The van der Waals surface area contributed by atoms with Crippen molar-refractivity contribution in [3.63, 3.8) is 0 Å². The normalized spacial score (nSPS) is 12.7. The number of hydrogen-bond donors (Lipinski definition) is 0. The summed E-state index contributed by atoms with van der Waals surface area (Å²) in [6.45, 7) is 2.16. The minimum absolute atomic E-state index is 0.321. The molecule has 1 aromatic carbocycles. The summed E-state index contributed by atoms with van der Waals surface area (Å²) < 4.78 is 4.61. The standard InChI is InChI=1S/C14H11NO2S/c1-9(13-3-2-6-18-13)10-4-5-12-11(7-10)8-15-17-14(12)16/h2-9H,1H3. The zero-order chi connectivity index (χ0) is 12.5. The van der Waals surface area contributed by atoms with Crippen LogP contribution in [0.25, 0.3) is 10.8 Å². The van der Waals surface area contributed by atoms with Gasteiger partial charge in [0.25, 0.3) is 0 Å². The molecule has 0 bridgehead atoms. The fraction of sp³-hybridized carbons (Fsp3) is 0.143. The van der Waals surface area contributed by atoms with Crippen LogP contribution in [0, 0.1) is 0 Å². The van der Waals surface area contributed by atoms with Gasteiger partial charge in [0.05, 0.1) is 11.6 Å². The minimum Gasteiger partial charge on any atom is -0.313 e. The number of hydrogen-bond acceptors (Lipinski definition) is 4. The first-order valence-corrected chi connectivity index (χ1v) is 6.56. The first-order valence-electron chi connectivity index (χ1n) is 5.68. The van der Waals surface area contributed by atoms with Crippen molar-refractivity contribution < 1.29 is 4.52 Å². The van der Waals surface area contributed by atoms with Gasteiger partial charge in [-0.2, -0.15) is 0 Å². The van der Waals surface area contributed by atoms with Gasteiger partial charge in [0.2, 0.25) is 0 Å². The van der Waals surface area contributed by atoms with E-state index < -0.39 is 0 Å². The maximum Gasteiger partial charge on any atom is 0.366 e. The molecule has 0 saturated heterocycles. The summed E-state index contributed by atoms with van der Waals surface area (Å²) in [7, 11) is 0. The van der Waals surface area contributed by atoms with Crippen LogP contribution in [-0.4, -0.2) is 5.16 Å². The van der Waals surface area contributed by atoms with E-state index in [1.807, 2.05) is 24.3 Å². The maximum absolute atomic E-state index is 11.5. The predicted octanol–water partition coefficient (Wildman–Crippen LogP) is 3.40. The van der Waals surface area contributed by atoms with Crippen LogP contribution in [0.5, 0.6) is 0 Å². The topological polar surface area (TPSA) is 43.1 Å². The Kier molecular flexibility index (Phi) is 2.72. The lowest BCUT2D eigenvalue weighted by Crippen LogP contribution is -2.01. The summed E-state index contributed by atoms with van der Waals surface area (Å²) in [6, 6.07) is 9.96. The Hall–Kier alpha value is -1.94. The van der Waals surface area contributed by atoms with Crippen LogP contribution in [0.15, 0.2) is 51.2 Å². The van der Waals surface area contributed by atoms with E-state index in [9.17, 15) is 4.79 Å². The summed E-state index contributed by atoms with van der Waals surface area (Å²) in [4.78, 5) is 12.8. The van der Waals surface area contributed by atoms with Gasteiger partial charge in [0, 0.05) is 16.2 Å². The first kappa shape index (κ1) is 11.2. The second-order valence-corrected chi connectivity index (χ2v) is 5.18. The smallest absolute Gasteiger partial charge is 0.313 e. The molecule has 3 rings (SSSR count). The summed E-state index contributed by atoms with van der Waals surface area (Å²) in [5, 5.41) is 7.07. The van der Waals surface area contributed by atoms with Crippen LogP contribution >= 0.6 is 11.3 Å². The van der Waals surface area contributed by atoms with E-state index in [4.69, 9.17) is 0 Å². The average Bonchev–Trinajstić information content (AvgIpc) is 2.91. The van der Waals surface area contributed by atoms with Crippen molar-refractivity contribution in [3.8, 4) is 0 Å². The fourth-order valence-electron chi connectivity index (χ4n) is 2.03.